The summed E-state index contributed by atoms with van der Waals surface area (Å²) in [5.41, 5.74) is 1.10. The third kappa shape index (κ3) is 4.22. The number of benzene rings is 1. The molecule has 0 aliphatic heterocycles. The van der Waals surface area contributed by atoms with Crippen LogP contribution in [0, 0.1) is 17.1 Å². The minimum absolute atomic E-state index is 0.323. The second kappa shape index (κ2) is 7.75. The van der Waals surface area contributed by atoms with Gasteiger partial charge < -0.3 is 9.64 Å². The van der Waals surface area contributed by atoms with Gasteiger partial charge in [0.15, 0.2) is 0 Å². The first-order valence-electron chi connectivity index (χ1n) is 6.62. The molecule has 0 bridgehead atoms. The molecule has 0 fully saturated rings. The van der Waals surface area contributed by atoms with E-state index in [2.05, 4.69) is 18.7 Å². The maximum Gasteiger partial charge on any atom is 0.126 e. The molecule has 0 saturated heterocycles. The summed E-state index contributed by atoms with van der Waals surface area (Å²) in [6.45, 7) is 5.49. The van der Waals surface area contributed by atoms with Crippen molar-refractivity contribution in [2.24, 2.45) is 0 Å². The summed E-state index contributed by atoms with van der Waals surface area (Å²) in [5.74, 6) is -0.373. The number of hydrogen-bond donors (Lipinski definition) is 0. The largest absolute Gasteiger partial charge is 0.383 e. The molecule has 0 aromatic heterocycles. The van der Waals surface area contributed by atoms with Gasteiger partial charge in [0.2, 0.25) is 0 Å². The molecule has 104 valence electrons. The van der Waals surface area contributed by atoms with Crippen LogP contribution in [0.15, 0.2) is 18.2 Å². The smallest absolute Gasteiger partial charge is 0.126 e. The summed E-state index contributed by atoms with van der Waals surface area (Å²) in [6.07, 6.45) is 1.94. The Morgan fingerprint density at radius 1 is 1.32 bits per heavy atom. The Labute approximate surface area is 114 Å². The summed E-state index contributed by atoms with van der Waals surface area (Å²) in [7, 11) is 1.65. The lowest BCUT2D eigenvalue weighted by atomic mass is 10.1. The Bertz CT molecular complexity index is 438. The molecule has 0 heterocycles. The van der Waals surface area contributed by atoms with Crippen LogP contribution in [0.5, 0.6) is 0 Å². The first-order chi connectivity index (χ1) is 9.15. The lowest BCUT2D eigenvalue weighted by molar-refractivity contribution is 0.202. The highest BCUT2D eigenvalue weighted by Gasteiger charge is 2.16. The van der Waals surface area contributed by atoms with E-state index in [4.69, 9.17) is 10.00 Å². The maximum atomic E-state index is 13.6. The molecule has 1 aromatic rings. The normalized spacial score (nSPS) is 10.5. The van der Waals surface area contributed by atoms with Crippen molar-refractivity contribution >= 4 is 5.69 Å². The molecular formula is C15H21FN2O. The third-order valence-electron chi connectivity index (χ3n) is 3.26. The maximum absolute atomic E-state index is 13.6. The number of nitriles is 1. The van der Waals surface area contributed by atoms with Gasteiger partial charge in [0.05, 0.1) is 18.2 Å². The molecule has 0 aliphatic rings. The van der Waals surface area contributed by atoms with Crippen LogP contribution in [-0.4, -0.2) is 26.3 Å². The molecule has 0 saturated carbocycles. The highest BCUT2D eigenvalue weighted by Crippen LogP contribution is 2.23. The Morgan fingerprint density at radius 3 is 2.53 bits per heavy atom. The summed E-state index contributed by atoms with van der Waals surface area (Å²) >= 11 is 0. The molecule has 1 rings (SSSR count). The quantitative estimate of drug-likeness (QED) is 0.758. The van der Waals surface area contributed by atoms with Crippen molar-refractivity contribution in [1.82, 2.24) is 0 Å². The topological polar surface area (TPSA) is 36.3 Å². The minimum atomic E-state index is -0.373. The zero-order chi connectivity index (χ0) is 14.3. The van der Waals surface area contributed by atoms with Crippen molar-refractivity contribution in [1.29, 1.82) is 5.26 Å². The fraction of sp³-hybridized carbons (Fsp3) is 0.533. The molecule has 0 unspecified atom stereocenters. The van der Waals surface area contributed by atoms with E-state index >= 15 is 0 Å². The average Bonchev–Trinajstić information content (AvgIpc) is 2.42. The summed E-state index contributed by atoms with van der Waals surface area (Å²) in [5, 5.41) is 8.94. The molecule has 0 aliphatic carbocycles. The molecule has 0 radical (unpaired) electrons. The zero-order valence-electron chi connectivity index (χ0n) is 11.8. The lowest BCUT2D eigenvalue weighted by Crippen LogP contribution is -2.37. The molecule has 19 heavy (non-hydrogen) atoms. The van der Waals surface area contributed by atoms with Crippen molar-refractivity contribution < 1.29 is 9.13 Å². The molecular weight excluding hydrogens is 243 g/mol. The fourth-order valence-electron chi connectivity index (χ4n) is 2.25. The monoisotopic (exact) mass is 264 g/mol. The number of halogens is 1. The van der Waals surface area contributed by atoms with Gasteiger partial charge in [-0.2, -0.15) is 5.26 Å². The van der Waals surface area contributed by atoms with Crippen molar-refractivity contribution in [3.05, 3.63) is 29.6 Å². The third-order valence-corrected chi connectivity index (χ3v) is 3.26. The van der Waals surface area contributed by atoms with Crippen molar-refractivity contribution in [3.63, 3.8) is 0 Å². The van der Waals surface area contributed by atoms with E-state index in [0.29, 0.717) is 24.8 Å². The fourth-order valence-corrected chi connectivity index (χ4v) is 2.25. The number of anilines is 1. The standard InChI is InChI=1S/C15H21FN2O/c1-4-14(5-2)18(6-7-19-3)15-9-12(11-17)8-13(16)10-15/h8-10,14H,4-7H2,1-3H3. The predicted molar refractivity (Wildman–Crippen MR) is 74.7 cm³/mol. The number of nitrogens with zero attached hydrogens (tertiary/aromatic N) is 2. The van der Waals surface area contributed by atoms with E-state index < -0.39 is 0 Å². The van der Waals surface area contributed by atoms with Crippen LogP contribution in [0.2, 0.25) is 0 Å². The number of methoxy groups -OCH3 is 1. The first-order valence-corrected chi connectivity index (χ1v) is 6.62. The van der Waals surface area contributed by atoms with Crippen LogP contribution >= 0.6 is 0 Å². The Balaban J connectivity index is 3.08. The van der Waals surface area contributed by atoms with Gasteiger partial charge in [0.1, 0.15) is 5.82 Å². The van der Waals surface area contributed by atoms with Gasteiger partial charge in [-0.25, -0.2) is 4.39 Å². The first kappa shape index (κ1) is 15.5. The molecule has 3 nitrogen and oxygen atoms in total. The van der Waals surface area contributed by atoms with Gasteiger partial charge in [0, 0.05) is 25.4 Å². The van der Waals surface area contributed by atoms with Crippen LogP contribution in [-0.2, 0) is 4.74 Å². The van der Waals surface area contributed by atoms with Gasteiger partial charge in [-0.15, -0.1) is 0 Å². The molecule has 0 amide bonds. The van der Waals surface area contributed by atoms with Gasteiger partial charge in [-0.3, -0.25) is 0 Å². The Hall–Kier alpha value is -1.60. The van der Waals surface area contributed by atoms with Crippen molar-refractivity contribution in [2.75, 3.05) is 25.2 Å². The van der Waals surface area contributed by atoms with Crippen LogP contribution in [0.4, 0.5) is 10.1 Å². The van der Waals surface area contributed by atoms with E-state index in [9.17, 15) is 4.39 Å². The average molecular weight is 264 g/mol. The van der Waals surface area contributed by atoms with Gasteiger partial charge in [0.25, 0.3) is 0 Å². The van der Waals surface area contributed by atoms with Gasteiger partial charge >= 0.3 is 0 Å². The molecule has 0 N–H and O–H groups in total. The highest BCUT2D eigenvalue weighted by molar-refractivity contribution is 5.52. The van der Waals surface area contributed by atoms with E-state index in [0.717, 1.165) is 18.5 Å². The van der Waals surface area contributed by atoms with E-state index in [1.807, 2.05) is 6.07 Å². The van der Waals surface area contributed by atoms with Gasteiger partial charge in [-0.1, -0.05) is 13.8 Å². The van der Waals surface area contributed by atoms with E-state index in [1.165, 1.54) is 12.1 Å². The Kier molecular flexibility index (Phi) is 6.31. The number of ether oxygens (including phenoxy) is 1. The molecule has 1 aromatic carbocycles. The van der Waals surface area contributed by atoms with Crippen LogP contribution in [0.1, 0.15) is 32.3 Å². The molecule has 4 heteroatoms. The second-order valence-electron chi connectivity index (χ2n) is 4.47. The lowest BCUT2D eigenvalue weighted by Gasteiger charge is -2.32. The van der Waals surface area contributed by atoms with Crippen LogP contribution in [0.25, 0.3) is 0 Å². The van der Waals surface area contributed by atoms with Crippen LogP contribution in [0.3, 0.4) is 0 Å². The number of hydrogen-bond acceptors (Lipinski definition) is 3. The van der Waals surface area contributed by atoms with Gasteiger partial charge in [-0.05, 0) is 31.0 Å². The molecule has 0 atom stereocenters. The molecule has 0 spiro atoms. The van der Waals surface area contributed by atoms with E-state index in [-0.39, 0.29) is 5.82 Å². The van der Waals surface area contributed by atoms with Crippen molar-refractivity contribution in [3.8, 4) is 6.07 Å². The summed E-state index contributed by atoms with van der Waals surface area (Å²) in [6, 6.07) is 6.79. The second-order valence-corrected chi connectivity index (χ2v) is 4.47. The SMILES string of the molecule is CCC(CC)N(CCOC)c1cc(F)cc(C#N)c1. The number of rotatable bonds is 7. The summed E-state index contributed by atoms with van der Waals surface area (Å²) < 4.78 is 18.7. The van der Waals surface area contributed by atoms with E-state index in [1.54, 1.807) is 13.2 Å². The van der Waals surface area contributed by atoms with Crippen LogP contribution < -0.4 is 4.90 Å². The zero-order valence-corrected chi connectivity index (χ0v) is 11.8. The van der Waals surface area contributed by atoms with Crippen molar-refractivity contribution in [2.45, 2.75) is 32.7 Å². The Morgan fingerprint density at radius 2 is 2.00 bits per heavy atom. The highest BCUT2D eigenvalue weighted by atomic mass is 19.1. The predicted octanol–water partition coefficient (Wildman–Crippen LogP) is 3.34. The minimum Gasteiger partial charge on any atom is -0.383 e. The summed E-state index contributed by atoms with van der Waals surface area (Å²) in [4.78, 5) is 2.12.